The number of benzene rings is 2. The predicted molar refractivity (Wildman–Crippen MR) is 94.7 cm³/mol. The van der Waals surface area contributed by atoms with Crippen LogP contribution < -0.4 is 4.90 Å². The highest BCUT2D eigenvalue weighted by molar-refractivity contribution is 9.10. The minimum Gasteiger partial charge on any atom is -0.295 e. The quantitative estimate of drug-likeness (QED) is 0.571. The Morgan fingerprint density at radius 3 is 2.57 bits per heavy atom. The summed E-state index contributed by atoms with van der Waals surface area (Å²) >= 11 is 4.99. The fraction of sp³-hybridized carbons (Fsp3) is 0.188. The number of nitrogens with zero attached hydrogens (tertiary/aromatic N) is 2. The first kappa shape index (κ1) is 16.0. The van der Waals surface area contributed by atoms with E-state index in [0.29, 0.717) is 5.75 Å². The number of thioether (sulfide) groups is 1. The Bertz CT molecular complexity index is 779. The Morgan fingerprint density at radius 1 is 1.26 bits per heavy atom. The lowest BCUT2D eigenvalue weighted by Gasteiger charge is -2.24. The van der Waals surface area contributed by atoms with Gasteiger partial charge in [0.05, 0.1) is 10.7 Å². The molecule has 5 nitrogen and oxygen atoms in total. The standard InChI is InChI=1S/C16H13BrN2O3S/c1-10-8-13(6-7-14(10)17)18-15(20)9-23-16(18)11-2-4-12(5-3-11)19(21)22/h2-8,16H,9H2,1H3. The SMILES string of the molecule is Cc1cc(N2C(=O)CSC2c2ccc([N+](=O)[O-])cc2)ccc1Br. The van der Waals surface area contributed by atoms with Gasteiger partial charge < -0.3 is 0 Å². The third kappa shape index (κ3) is 3.11. The Hall–Kier alpha value is -1.86. The molecule has 1 amide bonds. The second-order valence-electron chi connectivity index (χ2n) is 5.21. The van der Waals surface area contributed by atoms with Gasteiger partial charge in [-0.3, -0.25) is 19.8 Å². The molecule has 1 aliphatic heterocycles. The number of halogens is 1. The molecule has 1 heterocycles. The Kier molecular flexibility index (Phi) is 4.41. The van der Waals surface area contributed by atoms with Crippen molar-refractivity contribution in [3.63, 3.8) is 0 Å². The van der Waals surface area contributed by atoms with E-state index in [1.165, 1.54) is 23.9 Å². The molecular weight excluding hydrogens is 380 g/mol. The summed E-state index contributed by atoms with van der Waals surface area (Å²) in [5, 5.41) is 10.6. The van der Waals surface area contributed by atoms with Crippen molar-refractivity contribution in [3.8, 4) is 0 Å². The number of aryl methyl sites for hydroxylation is 1. The van der Waals surface area contributed by atoms with Gasteiger partial charge in [0.25, 0.3) is 5.69 Å². The molecule has 2 aromatic carbocycles. The van der Waals surface area contributed by atoms with Crippen LogP contribution in [0, 0.1) is 17.0 Å². The number of carbonyl (C=O) groups is 1. The molecule has 0 aromatic heterocycles. The number of amides is 1. The molecule has 1 aliphatic rings. The first-order chi connectivity index (χ1) is 11.0. The molecule has 0 spiro atoms. The van der Waals surface area contributed by atoms with Crippen molar-refractivity contribution in [2.75, 3.05) is 10.7 Å². The fourth-order valence-electron chi connectivity index (χ4n) is 2.49. The van der Waals surface area contributed by atoms with Crippen LogP contribution in [-0.4, -0.2) is 16.6 Å². The Balaban J connectivity index is 1.96. The largest absolute Gasteiger partial charge is 0.295 e. The molecule has 0 bridgehead atoms. The maximum atomic E-state index is 12.3. The minimum atomic E-state index is -0.424. The van der Waals surface area contributed by atoms with Gasteiger partial charge in [-0.1, -0.05) is 15.9 Å². The third-order valence-corrected chi connectivity index (χ3v) is 5.78. The van der Waals surface area contributed by atoms with Gasteiger partial charge in [0.1, 0.15) is 5.37 Å². The van der Waals surface area contributed by atoms with E-state index in [-0.39, 0.29) is 17.0 Å². The van der Waals surface area contributed by atoms with Crippen LogP contribution in [0.4, 0.5) is 11.4 Å². The van der Waals surface area contributed by atoms with E-state index in [0.717, 1.165) is 21.3 Å². The van der Waals surface area contributed by atoms with Crippen molar-refractivity contribution in [1.29, 1.82) is 0 Å². The summed E-state index contributed by atoms with van der Waals surface area (Å²) in [7, 11) is 0. The average Bonchev–Trinajstić information content (AvgIpc) is 2.92. The fourth-order valence-corrected chi connectivity index (χ4v) is 3.91. The molecule has 1 fully saturated rings. The maximum Gasteiger partial charge on any atom is 0.269 e. The molecule has 0 aliphatic carbocycles. The summed E-state index contributed by atoms with van der Waals surface area (Å²) in [6.45, 7) is 1.97. The van der Waals surface area contributed by atoms with Gasteiger partial charge in [-0.15, -0.1) is 11.8 Å². The highest BCUT2D eigenvalue weighted by atomic mass is 79.9. The highest BCUT2D eigenvalue weighted by Crippen LogP contribution is 2.42. The zero-order chi connectivity index (χ0) is 16.6. The van der Waals surface area contributed by atoms with Gasteiger partial charge in [-0.25, -0.2) is 0 Å². The lowest BCUT2D eigenvalue weighted by molar-refractivity contribution is -0.384. The summed E-state index contributed by atoms with van der Waals surface area (Å²) in [5.74, 6) is 0.441. The van der Waals surface area contributed by atoms with Crippen molar-refractivity contribution in [2.45, 2.75) is 12.3 Å². The molecule has 23 heavy (non-hydrogen) atoms. The van der Waals surface area contributed by atoms with Crippen LogP contribution in [0.2, 0.25) is 0 Å². The first-order valence-electron chi connectivity index (χ1n) is 6.91. The van der Waals surface area contributed by atoms with Crippen molar-refractivity contribution in [3.05, 3.63) is 68.2 Å². The number of non-ortho nitro benzene ring substituents is 1. The smallest absolute Gasteiger partial charge is 0.269 e. The number of hydrogen-bond donors (Lipinski definition) is 0. The molecule has 0 saturated carbocycles. The molecule has 1 atom stereocenters. The number of hydrogen-bond acceptors (Lipinski definition) is 4. The van der Waals surface area contributed by atoms with Crippen LogP contribution in [0.15, 0.2) is 46.9 Å². The van der Waals surface area contributed by atoms with Crippen LogP contribution in [0.1, 0.15) is 16.5 Å². The molecule has 3 rings (SSSR count). The number of carbonyl (C=O) groups excluding carboxylic acids is 1. The number of rotatable bonds is 3. The first-order valence-corrected chi connectivity index (χ1v) is 8.76. The Labute approximate surface area is 146 Å². The summed E-state index contributed by atoms with van der Waals surface area (Å²) in [4.78, 5) is 24.4. The van der Waals surface area contributed by atoms with Crippen LogP contribution in [0.3, 0.4) is 0 Å². The lowest BCUT2D eigenvalue weighted by atomic mass is 10.1. The molecular formula is C16H13BrN2O3S. The predicted octanol–water partition coefficient (Wildman–Crippen LogP) is 4.44. The van der Waals surface area contributed by atoms with E-state index in [1.54, 1.807) is 17.0 Å². The van der Waals surface area contributed by atoms with Gasteiger partial charge in [0.15, 0.2) is 0 Å². The van der Waals surface area contributed by atoms with E-state index < -0.39 is 4.92 Å². The van der Waals surface area contributed by atoms with Crippen LogP contribution in [-0.2, 0) is 4.79 Å². The van der Waals surface area contributed by atoms with Crippen molar-refractivity contribution < 1.29 is 9.72 Å². The van der Waals surface area contributed by atoms with Crippen LogP contribution >= 0.6 is 27.7 Å². The topological polar surface area (TPSA) is 63.5 Å². The van der Waals surface area contributed by atoms with Gasteiger partial charge in [-0.05, 0) is 48.4 Å². The van der Waals surface area contributed by atoms with Crippen LogP contribution in [0.25, 0.3) is 0 Å². The van der Waals surface area contributed by atoms with Gasteiger partial charge in [0, 0.05) is 22.3 Å². The monoisotopic (exact) mass is 392 g/mol. The number of nitro benzene ring substituents is 1. The molecule has 7 heteroatoms. The number of nitro groups is 1. The van der Waals surface area contributed by atoms with E-state index in [4.69, 9.17) is 0 Å². The molecule has 118 valence electrons. The molecule has 2 aromatic rings. The van der Waals surface area contributed by atoms with E-state index in [9.17, 15) is 14.9 Å². The Morgan fingerprint density at radius 2 is 1.96 bits per heavy atom. The molecule has 1 saturated heterocycles. The zero-order valence-electron chi connectivity index (χ0n) is 12.2. The normalized spacial score (nSPS) is 17.6. The average molecular weight is 393 g/mol. The number of anilines is 1. The summed E-state index contributed by atoms with van der Waals surface area (Å²) in [5.41, 5.74) is 2.82. The third-order valence-electron chi connectivity index (χ3n) is 3.68. The van der Waals surface area contributed by atoms with Crippen LogP contribution in [0.5, 0.6) is 0 Å². The maximum absolute atomic E-state index is 12.3. The van der Waals surface area contributed by atoms with Crippen molar-refractivity contribution >= 4 is 45.0 Å². The zero-order valence-corrected chi connectivity index (χ0v) is 14.6. The summed E-state index contributed by atoms with van der Waals surface area (Å²) in [6, 6.07) is 12.2. The summed E-state index contributed by atoms with van der Waals surface area (Å²) in [6.07, 6.45) is 0. The van der Waals surface area contributed by atoms with Gasteiger partial charge >= 0.3 is 0 Å². The molecule has 1 unspecified atom stereocenters. The van der Waals surface area contributed by atoms with E-state index >= 15 is 0 Å². The summed E-state index contributed by atoms with van der Waals surface area (Å²) < 4.78 is 0.993. The second kappa shape index (κ2) is 6.33. The van der Waals surface area contributed by atoms with E-state index in [1.807, 2.05) is 25.1 Å². The minimum absolute atomic E-state index is 0.0417. The van der Waals surface area contributed by atoms with E-state index in [2.05, 4.69) is 15.9 Å². The lowest BCUT2D eigenvalue weighted by Crippen LogP contribution is -2.27. The second-order valence-corrected chi connectivity index (χ2v) is 7.13. The van der Waals surface area contributed by atoms with Crippen molar-refractivity contribution in [2.24, 2.45) is 0 Å². The van der Waals surface area contributed by atoms with Gasteiger partial charge in [-0.2, -0.15) is 0 Å². The van der Waals surface area contributed by atoms with Gasteiger partial charge in [0.2, 0.25) is 5.91 Å². The highest BCUT2D eigenvalue weighted by Gasteiger charge is 2.34. The molecule has 0 radical (unpaired) electrons. The van der Waals surface area contributed by atoms with Crippen molar-refractivity contribution in [1.82, 2.24) is 0 Å². The molecule has 0 N–H and O–H groups in total.